The summed E-state index contributed by atoms with van der Waals surface area (Å²) in [6, 6.07) is 5.80. The Morgan fingerprint density at radius 1 is 1.29 bits per heavy atom. The average Bonchev–Trinajstić information content (AvgIpc) is 2.78. The third-order valence-electron chi connectivity index (χ3n) is 3.45. The summed E-state index contributed by atoms with van der Waals surface area (Å²) in [5.41, 5.74) is 1.09. The summed E-state index contributed by atoms with van der Waals surface area (Å²) in [5.74, 6) is 1.54. The molecule has 1 aromatic carbocycles. The number of carbonyl (C=O) groups excluding carboxylic acids is 1. The Kier molecular flexibility index (Phi) is 5.47. The summed E-state index contributed by atoms with van der Waals surface area (Å²) in [4.78, 5) is 13.9. The van der Waals surface area contributed by atoms with E-state index in [1.54, 1.807) is 19.1 Å². The van der Waals surface area contributed by atoms with Crippen LogP contribution in [0.4, 0.5) is 0 Å². The zero-order valence-corrected chi connectivity index (χ0v) is 14.1. The third-order valence-corrected chi connectivity index (χ3v) is 5.20. The molecule has 0 spiro atoms. The molecule has 0 radical (unpaired) electrons. The second-order valence-electron chi connectivity index (χ2n) is 4.71. The molecule has 6 heteroatoms. The number of rotatable bonds is 6. The zero-order valence-electron chi connectivity index (χ0n) is 12.4. The van der Waals surface area contributed by atoms with Gasteiger partial charge < -0.3 is 9.47 Å². The fourth-order valence-corrected chi connectivity index (χ4v) is 3.71. The first-order valence-electron chi connectivity index (χ1n) is 6.83. The molecule has 2 rings (SSSR count). The maximum absolute atomic E-state index is 12.2. The van der Waals surface area contributed by atoms with Gasteiger partial charge in [-0.05, 0) is 30.5 Å². The molecule has 114 valence electrons. The van der Waals surface area contributed by atoms with Gasteiger partial charge in [-0.2, -0.15) is 0 Å². The molecule has 0 N–H and O–H groups in total. The molecular formula is C15H19NO3S2. The molecular weight excluding hydrogens is 306 g/mol. The van der Waals surface area contributed by atoms with Gasteiger partial charge >= 0.3 is 0 Å². The highest BCUT2D eigenvalue weighted by Gasteiger charge is 2.35. The van der Waals surface area contributed by atoms with E-state index in [0.29, 0.717) is 22.4 Å². The number of thiocarbonyl (C=S) groups is 1. The summed E-state index contributed by atoms with van der Waals surface area (Å²) in [6.07, 6.45) is 1.56. The van der Waals surface area contributed by atoms with Crippen molar-refractivity contribution in [3.63, 3.8) is 0 Å². The fourth-order valence-electron chi connectivity index (χ4n) is 2.24. The number of hydrogen-bond acceptors (Lipinski definition) is 5. The Labute approximate surface area is 134 Å². The van der Waals surface area contributed by atoms with Crippen LogP contribution in [0.3, 0.4) is 0 Å². The Morgan fingerprint density at radius 2 is 2.00 bits per heavy atom. The van der Waals surface area contributed by atoms with Crippen molar-refractivity contribution < 1.29 is 14.3 Å². The normalized spacial score (nSPS) is 18.2. The number of ether oxygens (including phenoxy) is 2. The molecule has 0 aliphatic carbocycles. The van der Waals surface area contributed by atoms with Crippen LogP contribution in [0.25, 0.3) is 0 Å². The van der Waals surface area contributed by atoms with Crippen LogP contribution in [0.1, 0.15) is 18.9 Å². The lowest BCUT2D eigenvalue weighted by molar-refractivity contribution is -0.126. The van der Waals surface area contributed by atoms with Crippen LogP contribution in [0, 0.1) is 0 Å². The molecule has 1 aliphatic heterocycles. The van der Waals surface area contributed by atoms with Gasteiger partial charge in [0, 0.05) is 6.54 Å². The van der Waals surface area contributed by atoms with E-state index >= 15 is 0 Å². The first-order chi connectivity index (χ1) is 10.1. The predicted molar refractivity (Wildman–Crippen MR) is 89.2 cm³/mol. The van der Waals surface area contributed by atoms with Gasteiger partial charge in [-0.15, -0.1) is 0 Å². The Balaban J connectivity index is 2.03. The maximum atomic E-state index is 12.2. The van der Waals surface area contributed by atoms with E-state index in [1.807, 2.05) is 25.1 Å². The second-order valence-corrected chi connectivity index (χ2v) is 6.55. The topological polar surface area (TPSA) is 38.8 Å². The van der Waals surface area contributed by atoms with Gasteiger partial charge in [-0.1, -0.05) is 37.0 Å². The molecule has 0 bridgehead atoms. The van der Waals surface area contributed by atoms with Crippen LogP contribution in [0.15, 0.2) is 18.2 Å². The van der Waals surface area contributed by atoms with Crippen LogP contribution in [0.2, 0.25) is 0 Å². The van der Waals surface area contributed by atoms with Crippen LogP contribution < -0.4 is 9.47 Å². The Bertz CT molecular complexity index is 548. The largest absolute Gasteiger partial charge is 0.493 e. The number of methoxy groups -OCH3 is 2. The number of amides is 1. The standard InChI is InChI=1S/C15H19NO3S2/c1-4-13-14(17)16(15(20)21-13)8-7-10-5-6-11(18-2)12(9-10)19-3/h5-6,9,13H,4,7-8H2,1-3H3/t13-/m0/s1. The lowest BCUT2D eigenvalue weighted by atomic mass is 10.1. The first-order valence-corrected chi connectivity index (χ1v) is 8.12. The maximum Gasteiger partial charge on any atom is 0.241 e. The van der Waals surface area contributed by atoms with Crippen LogP contribution >= 0.6 is 24.0 Å². The molecule has 4 nitrogen and oxygen atoms in total. The Hall–Kier alpha value is -1.27. The highest BCUT2D eigenvalue weighted by Crippen LogP contribution is 2.30. The number of nitrogens with zero attached hydrogens (tertiary/aromatic N) is 1. The third kappa shape index (κ3) is 3.49. The van der Waals surface area contributed by atoms with Gasteiger partial charge in [-0.25, -0.2) is 0 Å². The molecule has 1 heterocycles. The molecule has 1 aromatic rings. The summed E-state index contributed by atoms with van der Waals surface area (Å²) in [6.45, 7) is 2.62. The molecule has 1 saturated heterocycles. The molecule has 1 atom stereocenters. The smallest absolute Gasteiger partial charge is 0.241 e. The van der Waals surface area contributed by atoms with Crippen molar-refractivity contribution in [1.82, 2.24) is 4.90 Å². The number of benzene rings is 1. The minimum atomic E-state index is -0.0112. The molecule has 0 unspecified atom stereocenters. The first kappa shape index (κ1) is 16.1. The fraction of sp³-hybridized carbons (Fsp3) is 0.467. The van der Waals surface area contributed by atoms with Crippen molar-refractivity contribution in [1.29, 1.82) is 0 Å². The van der Waals surface area contributed by atoms with Gasteiger partial charge in [0.2, 0.25) is 5.91 Å². The van der Waals surface area contributed by atoms with Crippen molar-refractivity contribution in [2.24, 2.45) is 0 Å². The van der Waals surface area contributed by atoms with Gasteiger partial charge in [0.1, 0.15) is 4.32 Å². The van der Waals surface area contributed by atoms with E-state index in [1.165, 1.54) is 11.8 Å². The van der Waals surface area contributed by atoms with Gasteiger partial charge in [0.05, 0.1) is 19.5 Å². The molecule has 0 aromatic heterocycles. The van der Waals surface area contributed by atoms with Crippen LogP contribution in [0.5, 0.6) is 11.5 Å². The summed E-state index contributed by atoms with van der Waals surface area (Å²) < 4.78 is 11.2. The van der Waals surface area contributed by atoms with Crippen LogP contribution in [-0.2, 0) is 11.2 Å². The van der Waals surface area contributed by atoms with Crippen molar-refractivity contribution in [3.8, 4) is 11.5 Å². The number of hydrogen-bond donors (Lipinski definition) is 0. The van der Waals surface area contributed by atoms with E-state index in [-0.39, 0.29) is 11.2 Å². The van der Waals surface area contributed by atoms with Crippen molar-refractivity contribution in [3.05, 3.63) is 23.8 Å². The molecule has 1 aliphatic rings. The monoisotopic (exact) mass is 325 g/mol. The quantitative estimate of drug-likeness (QED) is 0.752. The second kappa shape index (κ2) is 7.13. The zero-order chi connectivity index (χ0) is 15.4. The SMILES string of the molecule is CC[C@@H]1SC(=S)N(CCc2ccc(OC)c(OC)c2)C1=O. The summed E-state index contributed by atoms with van der Waals surface area (Å²) in [5, 5.41) is -0.0112. The highest BCUT2D eigenvalue weighted by atomic mass is 32.2. The van der Waals surface area contributed by atoms with Gasteiger partial charge in [0.15, 0.2) is 11.5 Å². The molecule has 21 heavy (non-hydrogen) atoms. The van der Waals surface area contributed by atoms with E-state index < -0.39 is 0 Å². The van der Waals surface area contributed by atoms with E-state index in [4.69, 9.17) is 21.7 Å². The lowest BCUT2D eigenvalue weighted by Gasteiger charge is -2.16. The Morgan fingerprint density at radius 3 is 2.57 bits per heavy atom. The number of carbonyl (C=O) groups is 1. The average molecular weight is 325 g/mol. The van der Waals surface area contributed by atoms with Crippen LogP contribution in [-0.4, -0.2) is 41.1 Å². The molecule has 0 saturated carbocycles. The van der Waals surface area contributed by atoms with Gasteiger partial charge in [0.25, 0.3) is 0 Å². The summed E-state index contributed by atoms with van der Waals surface area (Å²) >= 11 is 6.78. The molecule has 1 amide bonds. The van der Waals surface area contributed by atoms with Gasteiger partial charge in [-0.3, -0.25) is 9.69 Å². The summed E-state index contributed by atoms with van der Waals surface area (Å²) in [7, 11) is 3.23. The minimum absolute atomic E-state index is 0.0112. The molecule has 1 fully saturated rings. The number of thioether (sulfide) groups is 1. The lowest BCUT2D eigenvalue weighted by Crippen LogP contribution is -2.33. The minimum Gasteiger partial charge on any atom is -0.493 e. The highest BCUT2D eigenvalue weighted by molar-refractivity contribution is 8.24. The van der Waals surface area contributed by atoms with E-state index in [0.717, 1.165) is 18.4 Å². The van der Waals surface area contributed by atoms with Crippen molar-refractivity contribution in [2.75, 3.05) is 20.8 Å². The van der Waals surface area contributed by atoms with Crippen molar-refractivity contribution in [2.45, 2.75) is 25.0 Å². The van der Waals surface area contributed by atoms with E-state index in [2.05, 4.69) is 0 Å². The van der Waals surface area contributed by atoms with E-state index in [9.17, 15) is 4.79 Å². The van der Waals surface area contributed by atoms with Crippen molar-refractivity contribution >= 4 is 34.2 Å². The predicted octanol–water partition coefficient (Wildman–Crippen LogP) is 2.89.